The fraction of sp³-hybridized carbons (Fsp3) is 0.323. The van der Waals surface area contributed by atoms with E-state index in [0.717, 1.165) is 48.8 Å². The number of benzene rings is 2. The lowest BCUT2D eigenvalue weighted by atomic mass is 9.97. The largest absolute Gasteiger partial charge is 0.392 e. The highest BCUT2D eigenvalue weighted by Gasteiger charge is 2.38. The van der Waals surface area contributed by atoms with E-state index in [1.54, 1.807) is 19.3 Å². The van der Waals surface area contributed by atoms with Crippen molar-refractivity contribution >= 4 is 23.1 Å². The second-order valence-electron chi connectivity index (χ2n) is 10.5. The average molecular weight is 524 g/mol. The molecule has 4 aromatic rings. The van der Waals surface area contributed by atoms with Crippen LogP contribution in [0.15, 0.2) is 71.8 Å². The number of aromatic nitrogens is 3. The highest BCUT2D eigenvalue weighted by Crippen LogP contribution is 2.43. The number of amides is 1. The predicted molar refractivity (Wildman–Crippen MR) is 152 cm³/mol. The van der Waals surface area contributed by atoms with Gasteiger partial charge in [0.05, 0.1) is 24.4 Å². The number of hydrogen-bond donors (Lipinski definition) is 2. The van der Waals surface area contributed by atoms with Gasteiger partial charge in [0.15, 0.2) is 5.82 Å². The molecule has 8 heteroatoms. The van der Waals surface area contributed by atoms with Crippen molar-refractivity contribution in [3.8, 4) is 11.1 Å². The Kier molecular flexibility index (Phi) is 6.56. The van der Waals surface area contributed by atoms with Gasteiger partial charge in [0, 0.05) is 42.2 Å². The molecule has 0 bridgehead atoms. The van der Waals surface area contributed by atoms with Crippen molar-refractivity contribution < 1.29 is 9.90 Å². The summed E-state index contributed by atoms with van der Waals surface area (Å²) in [6.45, 7) is 1.90. The molecule has 1 aliphatic carbocycles. The second kappa shape index (κ2) is 10.2. The zero-order chi connectivity index (χ0) is 27.1. The van der Waals surface area contributed by atoms with Gasteiger partial charge in [-0.15, -0.1) is 0 Å². The van der Waals surface area contributed by atoms with Crippen LogP contribution in [0.25, 0.3) is 11.1 Å². The number of carbonyl (C=O) groups is 1. The topological polar surface area (TPSA) is 92.4 Å². The summed E-state index contributed by atoms with van der Waals surface area (Å²) in [5.41, 5.74) is 4.86. The minimum atomic E-state index is -0.247. The van der Waals surface area contributed by atoms with E-state index >= 15 is 0 Å². The van der Waals surface area contributed by atoms with Crippen LogP contribution < -0.4 is 15.8 Å². The summed E-state index contributed by atoms with van der Waals surface area (Å²) in [7, 11) is 1.71. The van der Waals surface area contributed by atoms with E-state index in [4.69, 9.17) is 0 Å². The smallest absolute Gasteiger partial charge is 0.274 e. The second-order valence-corrected chi connectivity index (χ2v) is 10.5. The van der Waals surface area contributed by atoms with E-state index in [9.17, 15) is 14.7 Å². The number of nitrogens with one attached hydrogen (secondary N) is 1. The highest BCUT2D eigenvalue weighted by atomic mass is 16.3. The standard InChI is InChI=1S/C31H33N5O3/c1-3-4-11-27-23-8-5-6-9-24(23)30(38)36(27)28-12-7-10-22(25(28)19-37)20-17-26(31(39)34(2)18-20)32-29-15-16-35(33-29)21-13-14-21/h5-10,12,15-18,21,27,37H,3-4,11,13-14,19H2,1-2H3,(H,32,33). The molecule has 0 spiro atoms. The molecule has 1 saturated carbocycles. The fourth-order valence-electron chi connectivity index (χ4n) is 5.62. The lowest BCUT2D eigenvalue weighted by molar-refractivity contribution is 0.0989. The van der Waals surface area contributed by atoms with E-state index in [1.807, 2.05) is 64.3 Å². The number of pyridine rings is 1. The molecule has 8 nitrogen and oxygen atoms in total. The normalized spacial score (nSPS) is 16.5. The molecular weight excluding hydrogens is 490 g/mol. The van der Waals surface area contributed by atoms with Gasteiger partial charge in [0.1, 0.15) is 5.69 Å². The number of aryl methyl sites for hydroxylation is 1. The monoisotopic (exact) mass is 523 g/mol. The predicted octanol–water partition coefficient (Wildman–Crippen LogP) is 5.71. The number of aliphatic hydroxyl groups excluding tert-OH is 1. The molecule has 1 amide bonds. The summed E-state index contributed by atoms with van der Waals surface area (Å²) in [5, 5.41) is 18.4. The molecule has 39 heavy (non-hydrogen) atoms. The average Bonchev–Trinajstić information content (AvgIpc) is 3.63. The Morgan fingerprint density at radius 2 is 1.85 bits per heavy atom. The van der Waals surface area contributed by atoms with Gasteiger partial charge in [0.2, 0.25) is 0 Å². The Labute approximate surface area is 227 Å². The third kappa shape index (κ3) is 4.55. The molecule has 2 N–H and O–H groups in total. The van der Waals surface area contributed by atoms with Crippen LogP contribution in [-0.2, 0) is 13.7 Å². The van der Waals surface area contributed by atoms with Crippen molar-refractivity contribution in [2.45, 2.75) is 57.7 Å². The Balaban J connectivity index is 1.41. The summed E-state index contributed by atoms with van der Waals surface area (Å²) in [4.78, 5) is 28.5. The third-order valence-corrected chi connectivity index (χ3v) is 7.77. The Bertz CT molecular complexity index is 1600. The SMILES string of the molecule is CCCCC1c2ccccc2C(=O)N1c1cccc(-c2cc(Nc3ccn(C4CC4)n3)c(=O)n(C)c2)c1CO. The van der Waals surface area contributed by atoms with Crippen molar-refractivity contribution in [1.82, 2.24) is 14.3 Å². The highest BCUT2D eigenvalue weighted by molar-refractivity contribution is 6.11. The van der Waals surface area contributed by atoms with Crippen molar-refractivity contribution in [3.63, 3.8) is 0 Å². The first-order valence-corrected chi connectivity index (χ1v) is 13.7. The molecule has 1 aliphatic heterocycles. The first kappa shape index (κ1) is 25.1. The van der Waals surface area contributed by atoms with E-state index in [2.05, 4.69) is 17.3 Å². The molecule has 2 aromatic heterocycles. The summed E-state index contributed by atoms with van der Waals surface area (Å²) >= 11 is 0. The zero-order valence-electron chi connectivity index (χ0n) is 22.3. The third-order valence-electron chi connectivity index (χ3n) is 7.77. The molecule has 6 rings (SSSR count). The molecule has 1 unspecified atom stereocenters. The van der Waals surface area contributed by atoms with Crippen molar-refractivity contribution in [1.29, 1.82) is 0 Å². The van der Waals surface area contributed by atoms with Crippen molar-refractivity contribution in [3.05, 3.63) is 94.0 Å². The number of fused-ring (bicyclic) bond motifs is 1. The van der Waals surface area contributed by atoms with E-state index in [0.29, 0.717) is 34.4 Å². The van der Waals surface area contributed by atoms with Gasteiger partial charge in [-0.05, 0) is 48.6 Å². The molecule has 2 aliphatic rings. The maximum Gasteiger partial charge on any atom is 0.274 e. The lowest BCUT2D eigenvalue weighted by Gasteiger charge is -2.28. The van der Waals surface area contributed by atoms with Crippen LogP contribution in [0.3, 0.4) is 0 Å². The number of rotatable bonds is 9. The number of nitrogens with zero attached hydrogens (tertiary/aromatic N) is 4. The van der Waals surface area contributed by atoms with Crippen molar-refractivity contribution in [2.75, 3.05) is 10.2 Å². The van der Waals surface area contributed by atoms with Crippen molar-refractivity contribution in [2.24, 2.45) is 7.05 Å². The van der Waals surface area contributed by atoms with Gasteiger partial charge in [-0.25, -0.2) is 0 Å². The van der Waals surface area contributed by atoms with Gasteiger partial charge < -0.3 is 19.9 Å². The van der Waals surface area contributed by atoms with E-state index in [-0.39, 0.29) is 24.1 Å². The van der Waals surface area contributed by atoms with Crippen LogP contribution in [0.5, 0.6) is 0 Å². The Hall–Kier alpha value is -4.17. The summed E-state index contributed by atoms with van der Waals surface area (Å²) in [6, 6.07) is 17.6. The maximum absolute atomic E-state index is 13.7. The molecule has 1 atom stereocenters. The van der Waals surface area contributed by atoms with Gasteiger partial charge in [0.25, 0.3) is 11.5 Å². The van der Waals surface area contributed by atoms with Crippen LogP contribution in [-0.4, -0.2) is 25.4 Å². The van der Waals surface area contributed by atoms with Gasteiger partial charge in [-0.2, -0.15) is 5.10 Å². The number of carbonyl (C=O) groups excluding carboxylic acids is 1. The van der Waals surface area contributed by atoms with Crippen LogP contribution in [0.1, 0.15) is 72.6 Å². The number of aliphatic hydroxyl groups is 1. The quantitative estimate of drug-likeness (QED) is 0.293. The van der Waals surface area contributed by atoms with Gasteiger partial charge in [-0.1, -0.05) is 50.1 Å². The van der Waals surface area contributed by atoms with Gasteiger partial charge >= 0.3 is 0 Å². The molecule has 1 fully saturated rings. The van der Waals surface area contributed by atoms with Gasteiger partial charge in [-0.3, -0.25) is 14.3 Å². The molecule has 0 saturated heterocycles. The fourth-order valence-corrected chi connectivity index (χ4v) is 5.62. The summed E-state index contributed by atoms with van der Waals surface area (Å²) < 4.78 is 3.47. The number of unbranched alkanes of at least 4 members (excludes halogenated alkanes) is 1. The first-order valence-electron chi connectivity index (χ1n) is 13.7. The minimum Gasteiger partial charge on any atom is -0.392 e. The maximum atomic E-state index is 13.7. The van der Waals surface area contributed by atoms with E-state index in [1.165, 1.54) is 4.57 Å². The molecule has 3 heterocycles. The van der Waals surface area contributed by atoms with Crippen LogP contribution in [0.2, 0.25) is 0 Å². The molecular formula is C31H33N5O3. The minimum absolute atomic E-state index is 0.0485. The van der Waals surface area contributed by atoms with Crippen LogP contribution >= 0.6 is 0 Å². The lowest BCUT2D eigenvalue weighted by Crippen LogP contribution is -2.29. The van der Waals surface area contributed by atoms with E-state index < -0.39 is 0 Å². The number of anilines is 3. The molecule has 200 valence electrons. The Morgan fingerprint density at radius 3 is 2.62 bits per heavy atom. The Morgan fingerprint density at radius 1 is 1.05 bits per heavy atom. The van der Waals surface area contributed by atoms with Crippen LogP contribution in [0, 0.1) is 0 Å². The molecule has 2 aromatic carbocycles. The summed E-state index contributed by atoms with van der Waals surface area (Å²) in [6.07, 6.45) is 8.82. The summed E-state index contributed by atoms with van der Waals surface area (Å²) in [5.74, 6) is 0.569. The zero-order valence-corrected chi connectivity index (χ0v) is 22.3. The first-order chi connectivity index (χ1) is 19.0. The van der Waals surface area contributed by atoms with Crippen LogP contribution in [0.4, 0.5) is 17.2 Å². The molecule has 0 radical (unpaired) electrons. The number of hydrogen-bond acceptors (Lipinski definition) is 5.